The van der Waals surface area contributed by atoms with Gasteiger partial charge in [0.1, 0.15) is 11.9 Å². The number of hydrogen-bond donors (Lipinski definition) is 2. The van der Waals surface area contributed by atoms with Gasteiger partial charge in [-0.25, -0.2) is 23.5 Å². The number of benzene rings is 2. The number of pyridine rings is 1. The van der Waals surface area contributed by atoms with Crippen molar-refractivity contribution in [3.63, 3.8) is 0 Å². The molecule has 3 heterocycles. The van der Waals surface area contributed by atoms with E-state index in [-0.39, 0.29) is 23.7 Å². The summed E-state index contributed by atoms with van der Waals surface area (Å²) in [6.07, 6.45) is 5.21. The van der Waals surface area contributed by atoms with Crippen molar-refractivity contribution in [3.05, 3.63) is 97.3 Å². The molecular formula is C27H20ClFN8O2S. The Morgan fingerprint density at radius 1 is 1.18 bits per heavy atom. The number of fused-ring (bicyclic) bond motifs is 1. The molecule has 2 aromatic carbocycles. The Morgan fingerprint density at radius 2 is 2.00 bits per heavy atom. The Labute approximate surface area is 235 Å². The Bertz CT molecular complexity index is 1960. The zero-order valence-electron chi connectivity index (χ0n) is 21.0. The van der Waals surface area contributed by atoms with Gasteiger partial charge in [-0.05, 0) is 61.2 Å². The van der Waals surface area contributed by atoms with Crippen LogP contribution in [0.1, 0.15) is 29.5 Å². The molecule has 3 aromatic heterocycles. The van der Waals surface area contributed by atoms with Gasteiger partial charge in [0.25, 0.3) is 0 Å². The fourth-order valence-electron chi connectivity index (χ4n) is 4.18. The third-order valence-corrected chi connectivity index (χ3v) is 7.57. The zero-order valence-corrected chi connectivity index (χ0v) is 22.6. The van der Waals surface area contributed by atoms with E-state index in [0.29, 0.717) is 27.8 Å². The lowest BCUT2D eigenvalue weighted by molar-refractivity contribution is 0.620. The number of anilines is 3. The number of thiazole rings is 1. The summed E-state index contributed by atoms with van der Waals surface area (Å²) in [6, 6.07) is 11.3. The summed E-state index contributed by atoms with van der Waals surface area (Å²) in [5.74, 6) is -0.747. The first kappa shape index (κ1) is 25.7. The molecule has 2 N–H and O–H groups in total. The second-order valence-corrected chi connectivity index (χ2v) is 10.9. The van der Waals surface area contributed by atoms with Crippen LogP contribution in [0.25, 0.3) is 15.9 Å². The Kier molecular flexibility index (Phi) is 6.53. The van der Waals surface area contributed by atoms with E-state index in [1.807, 2.05) is 0 Å². The van der Waals surface area contributed by atoms with Gasteiger partial charge in [0.2, 0.25) is 5.95 Å². The van der Waals surface area contributed by atoms with Crippen LogP contribution in [0.4, 0.5) is 21.2 Å². The van der Waals surface area contributed by atoms with E-state index in [1.165, 1.54) is 34.2 Å². The van der Waals surface area contributed by atoms with Gasteiger partial charge < -0.3 is 10.6 Å². The molecule has 200 valence electrons. The predicted molar refractivity (Wildman–Crippen MR) is 151 cm³/mol. The normalized spacial score (nSPS) is 12.8. The highest BCUT2D eigenvalue weighted by Crippen LogP contribution is 2.36. The average molecular weight is 575 g/mol. The van der Waals surface area contributed by atoms with Crippen molar-refractivity contribution in [3.8, 4) is 11.8 Å². The first-order valence-corrected chi connectivity index (χ1v) is 13.5. The largest absolute Gasteiger partial charge is 0.359 e. The van der Waals surface area contributed by atoms with E-state index in [0.717, 1.165) is 38.9 Å². The van der Waals surface area contributed by atoms with Crippen LogP contribution >= 0.6 is 22.9 Å². The van der Waals surface area contributed by atoms with Gasteiger partial charge in [-0.3, -0.25) is 9.55 Å². The molecule has 40 heavy (non-hydrogen) atoms. The molecule has 0 atom stereocenters. The van der Waals surface area contributed by atoms with Crippen molar-refractivity contribution in [1.82, 2.24) is 24.1 Å². The SMILES string of the molecule is Cc1cncc(-n2c(=O)nc(Nc3cc4sc(NC5CC5)nc4cc3Cl)n(Cc3ccc(F)c(C#N)c3)c2=O)c1. The number of nitriles is 1. The van der Waals surface area contributed by atoms with Crippen LogP contribution < -0.4 is 22.0 Å². The monoisotopic (exact) mass is 574 g/mol. The number of aryl methyl sites for hydroxylation is 1. The van der Waals surface area contributed by atoms with Gasteiger partial charge in [-0.1, -0.05) is 29.0 Å². The van der Waals surface area contributed by atoms with Crippen LogP contribution in [0.2, 0.25) is 5.02 Å². The minimum absolute atomic E-state index is 0.0724. The van der Waals surface area contributed by atoms with Crippen molar-refractivity contribution >= 4 is 49.9 Å². The quantitative estimate of drug-likeness (QED) is 0.285. The molecule has 10 nitrogen and oxygen atoms in total. The first-order chi connectivity index (χ1) is 19.3. The van der Waals surface area contributed by atoms with E-state index in [9.17, 15) is 19.2 Å². The highest BCUT2D eigenvalue weighted by Gasteiger charge is 2.23. The smallest absolute Gasteiger partial charge is 0.359 e. The summed E-state index contributed by atoms with van der Waals surface area (Å²) >= 11 is 8.04. The number of aromatic nitrogens is 5. The lowest BCUT2D eigenvalue weighted by Gasteiger charge is -2.16. The molecule has 0 unspecified atom stereocenters. The summed E-state index contributed by atoms with van der Waals surface area (Å²) in [5, 5.41) is 16.8. The van der Waals surface area contributed by atoms with E-state index in [1.54, 1.807) is 37.4 Å². The van der Waals surface area contributed by atoms with Crippen LogP contribution in [0.15, 0.2) is 58.4 Å². The van der Waals surface area contributed by atoms with Crippen molar-refractivity contribution in [2.75, 3.05) is 10.6 Å². The van der Waals surface area contributed by atoms with Crippen molar-refractivity contribution in [2.45, 2.75) is 32.4 Å². The highest BCUT2D eigenvalue weighted by atomic mass is 35.5. The molecule has 0 saturated heterocycles. The Balaban J connectivity index is 1.46. The molecule has 0 amide bonds. The van der Waals surface area contributed by atoms with E-state index >= 15 is 0 Å². The predicted octanol–water partition coefficient (Wildman–Crippen LogP) is 4.74. The minimum atomic E-state index is -0.820. The minimum Gasteiger partial charge on any atom is -0.359 e. The number of rotatable bonds is 7. The summed E-state index contributed by atoms with van der Waals surface area (Å²) < 4.78 is 17.0. The Morgan fingerprint density at radius 3 is 2.75 bits per heavy atom. The molecule has 1 aliphatic rings. The third kappa shape index (κ3) is 5.04. The van der Waals surface area contributed by atoms with Gasteiger partial charge in [0.15, 0.2) is 5.13 Å². The topological polar surface area (TPSA) is 131 Å². The number of nitrogens with zero attached hydrogens (tertiary/aromatic N) is 6. The summed E-state index contributed by atoms with van der Waals surface area (Å²) in [5.41, 5.74) is 0.891. The van der Waals surface area contributed by atoms with E-state index in [2.05, 4.69) is 25.6 Å². The van der Waals surface area contributed by atoms with Gasteiger partial charge in [0, 0.05) is 12.2 Å². The number of nitrogens with one attached hydrogen (secondary N) is 2. The highest BCUT2D eigenvalue weighted by molar-refractivity contribution is 7.22. The van der Waals surface area contributed by atoms with Gasteiger partial charge in [0.05, 0.1) is 44.9 Å². The van der Waals surface area contributed by atoms with Crippen molar-refractivity contribution in [1.29, 1.82) is 5.26 Å². The molecule has 0 radical (unpaired) electrons. The second kappa shape index (κ2) is 10.2. The summed E-state index contributed by atoms with van der Waals surface area (Å²) in [6.45, 7) is 1.67. The fraction of sp³-hybridized carbons (Fsp3) is 0.185. The lowest BCUT2D eigenvalue weighted by Crippen LogP contribution is -2.41. The zero-order chi connectivity index (χ0) is 28.0. The molecule has 0 spiro atoms. The van der Waals surface area contributed by atoms with Gasteiger partial charge in [-0.2, -0.15) is 10.2 Å². The maximum Gasteiger partial charge on any atom is 0.359 e. The second-order valence-electron chi connectivity index (χ2n) is 9.43. The maximum absolute atomic E-state index is 14.0. The van der Waals surface area contributed by atoms with Gasteiger partial charge in [-0.15, -0.1) is 0 Å². The van der Waals surface area contributed by atoms with Crippen LogP contribution in [-0.2, 0) is 6.54 Å². The molecule has 6 rings (SSSR count). The molecule has 5 aromatic rings. The Hall–Kier alpha value is -4.60. The van der Waals surface area contributed by atoms with Crippen molar-refractivity contribution < 1.29 is 4.39 Å². The molecular weight excluding hydrogens is 555 g/mol. The molecule has 1 saturated carbocycles. The number of hydrogen-bond acceptors (Lipinski definition) is 9. The van der Waals surface area contributed by atoms with Crippen LogP contribution in [0.3, 0.4) is 0 Å². The van der Waals surface area contributed by atoms with E-state index in [4.69, 9.17) is 11.6 Å². The van der Waals surface area contributed by atoms with E-state index < -0.39 is 17.2 Å². The summed E-state index contributed by atoms with van der Waals surface area (Å²) in [7, 11) is 0. The molecule has 1 aliphatic carbocycles. The van der Waals surface area contributed by atoms with Crippen LogP contribution in [-0.4, -0.2) is 30.1 Å². The molecule has 13 heteroatoms. The van der Waals surface area contributed by atoms with Gasteiger partial charge >= 0.3 is 11.4 Å². The standard InChI is InChI=1S/C27H20ClFN8O2S/c1-14-6-18(12-31-11-14)37-26(38)35-24(36(27(37)39)13-15-2-5-20(29)16(7-15)10-30)33-21-9-23-22(8-19(21)28)34-25(40-23)32-17-3-4-17/h2,5-9,11-12,17H,3-4,13H2,1H3,(H,32,34)(H,33,35,38). The first-order valence-electron chi connectivity index (χ1n) is 12.3. The fourth-order valence-corrected chi connectivity index (χ4v) is 5.35. The summed E-state index contributed by atoms with van der Waals surface area (Å²) in [4.78, 5) is 39.8. The molecule has 0 bridgehead atoms. The van der Waals surface area contributed by atoms with Crippen LogP contribution in [0, 0.1) is 24.1 Å². The average Bonchev–Trinajstić information content (AvgIpc) is 3.65. The third-order valence-electron chi connectivity index (χ3n) is 6.31. The van der Waals surface area contributed by atoms with Crippen molar-refractivity contribution in [2.24, 2.45) is 0 Å². The number of halogens is 2. The molecule has 1 fully saturated rings. The maximum atomic E-state index is 14.0. The molecule has 0 aliphatic heterocycles. The van der Waals surface area contributed by atoms with Crippen LogP contribution in [0.5, 0.6) is 0 Å². The lowest BCUT2D eigenvalue weighted by atomic mass is 10.1.